The van der Waals surface area contributed by atoms with Crippen LogP contribution in [0.25, 0.3) is 0 Å². The maximum absolute atomic E-state index is 11.4. The standard InChI is InChI=1S/C32H46O5.C32H44O4/c1-6-31(17-18-31)29(34)15-10-24-9-11-25(19-22(24)4)32(7-2,8-3)26-12-14-28(23(5)20-26)37-21-27(33)13-16-30(35)36;1-6-31(17-18-31)29(33)15-10-24-9-11-25(19-22(24)4)32(7-2,8-3)26-12-14-28(23(5)20-26)35-21-27-13-16-30(34)36-27/h9,11-12,14,19-20,27,29,33-34H,6-8,10,13,15-18,21H2,1-5H3,(H,35,36);9,11-12,14,19-20,27,29,33H,6-8,10,13,15-18,21H2,1-5H3/t2*27-,29?/m11/s1. The monoisotopic (exact) mass is 1000 g/mol. The van der Waals surface area contributed by atoms with Gasteiger partial charge in [0.15, 0.2) is 0 Å². The van der Waals surface area contributed by atoms with E-state index in [2.05, 4.69) is 129 Å². The Hall–Kier alpha value is -4.70. The third kappa shape index (κ3) is 13.6. The summed E-state index contributed by atoms with van der Waals surface area (Å²) in [5.74, 6) is 0.522. The fourth-order valence-electron chi connectivity index (χ4n) is 12.0. The zero-order chi connectivity index (χ0) is 53.1. The van der Waals surface area contributed by atoms with Crippen LogP contribution < -0.4 is 9.47 Å². The minimum Gasteiger partial charge on any atom is -0.491 e. The molecule has 0 radical (unpaired) electrons. The Kier molecular flexibility index (Phi) is 19.9. The summed E-state index contributed by atoms with van der Waals surface area (Å²) in [4.78, 5) is 22.1. The second-order valence-corrected chi connectivity index (χ2v) is 22.2. The number of aliphatic hydroxyl groups is 3. The molecule has 9 heteroatoms. The van der Waals surface area contributed by atoms with Crippen LogP contribution in [0.1, 0.15) is 200 Å². The number of rotatable bonds is 27. The van der Waals surface area contributed by atoms with Gasteiger partial charge in [-0.05, 0) is 209 Å². The minimum absolute atomic E-state index is 0.0621. The van der Waals surface area contributed by atoms with Crippen LogP contribution in [0, 0.1) is 38.5 Å². The van der Waals surface area contributed by atoms with Gasteiger partial charge in [-0.15, -0.1) is 0 Å². The Morgan fingerprint density at radius 2 is 1.03 bits per heavy atom. The van der Waals surface area contributed by atoms with E-state index in [1.807, 2.05) is 13.0 Å². The highest BCUT2D eigenvalue weighted by atomic mass is 16.6. The Balaban J connectivity index is 0.000000238. The molecule has 4 atom stereocenters. The molecule has 0 spiro atoms. The van der Waals surface area contributed by atoms with E-state index >= 15 is 0 Å². The molecule has 73 heavy (non-hydrogen) atoms. The van der Waals surface area contributed by atoms with Crippen molar-refractivity contribution in [3.8, 4) is 11.5 Å². The number of aliphatic hydroxyl groups excluding tert-OH is 3. The first-order valence-electron chi connectivity index (χ1n) is 28.0. The van der Waals surface area contributed by atoms with Gasteiger partial charge in [-0.1, -0.05) is 102 Å². The molecule has 2 saturated carbocycles. The molecule has 4 N–H and O–H groups in total. The summed E-state index contributed by atoms with van der Waals surface area (Å²) in [5.41, 5.74) is 12.8. The fourth-order valence-corrected chi connectivity index (χ4v) is 12.0. The molecule has 1 saturated heterocycles. The number of benzene rings is 4. The topological polar surface area (TPSA) is 143 Å². The van der Waals surface area contributed by atoms with Gasteiger partial charge < -0.3 is 34.6 Å². The van der Waals surface area contributed by atoms with Gasteiger partial charge in [-0.25, -0.2) is 0 Å². The van der Waals surface area contributed by atoms with Crippen LogP contribution in [0.4, 0.5) is 0 Å². The number of carboxylic acid groups (broad SMARTS) is 1. The summed E-state index contributed by atoms with van der Waals surface area (Å²) in [6.45, 7) is 22.4. The molecular formula is C64H90O9. The largest absolute Gasteiger partial charge is 0.491 e. The SMILES string of the molecule is CCC(CC)(c1ccc(CCC(O)C2(CC)CC2)c(C)c1)c1ccc(OC[C@H](O)CCC(=O)O)c(C)c1.CCC(CC)(c1ccc(CCC(O)C2(CC)CC2)c(C)c1)c1ccc(OC[C@H]2CCC(=O)O2)c(C)c1. The van der Waals surface area contributed by atoms with Crippen LogP contribution >= 0.6 is 0 Å². The van der Waals surface area contributed by atoms with Crippen molar-refractivity contribution in [2.45, 2.75) is 220 Å². The number of hydrogen-bond donors (Lipinski definition) is 4. The molecule has 3 aliphatic rings. The highest BCUT2D eigenvalue weighted by Gasteiger charge is 2.47. The Labute approximate surface area is 438 Å². The molecule has 2 unspecified atom stereocenters. The summed E-state index contributed by atoms with van der Waals surface area (Å²) >= 11 is 0. The highest BCUT2D eigenvalue weighted by molar-refractivity contribution is 5.71. The lowest BCUT2D eigenvalue weighted by Gasteiger charge is -2.34. The van der Waals surface area contributed by atoms with E-state index in [0.29, 0.717) is 18.8 Å². The van der Waals surface area contributed by atoms with Crippen molar-refractivity contribution < 1.29 is 44.2 Å². The number of hydrogen-bond acceptors (Lipinski definition) is 8. The number of cyclic esters (lactones) is 1. The first-order chi connectivity index (χ1) is 34.9. The molecule has 3 fully saturated rings. The molecule has 4 aromatic rings. The van der Waals surface area contributed by atoms with E-state index in [1.165, 1.54) is 57.3 Å². The van der Waals surface area contributed by atoms with Gasteiger partial charge in [0.2, 0.25) is 0 Å². The molecule has 0 aromatic heterocycles. The van der Waals surface area contributed by atoms with Crippen molar-refractivity contribution in [2.75, 3.05) is 13.2 Å². The number of carbonyl (C=O) groups excluding carboxylic acids is 1. The van der Waals surface area contributed by atoms with Crippen LogP contribution in [-0.4, -0.2) is 70.0 Å². The van der Waals surface area contributed by atoms with Gasteiger partial charge in [-0.2, -0.15) is 0 Å². The number of ether oxygens (including phenoxy) is 3. The van der Waals surface area contributed by atoms with Gasteiger partial charge >= 0.3 is 11.9 Å². The van der Waals surface area contributed by atoms with Gasteiger partial charge in [0.1, 0.15) is 30.8 Å². The van der Waals surface area contributed by atoms with Gasteiger partial charge in [0.25, 0.3) is 0 Å². The summed E-state index contributed by atoms with van der Waals surface area (Å²) in [6.07, 6.45) is 14.3. The maximum Gasteiger partial charge on any atom is 0.306 e. The van der Waals surface area contributed by atoms with Crippen LogP contribution in [0.5, 0.6) is 11.5 Å². The number of aryl methyl sites for hydroxylation is 6. The zero-order valence-corrected chi connectivity index (χ0v) is 46.2. The smallest absolute Gasteiger partial charge is 0.306 e. The first kappa shape index (κ1) is 57.6. The van der Waals surface area contributed by atoms with E-state index in [1.54, 1.807) is 0 Å². The van der Waals surface area contributed by atoms with E-state index in [0.717, 1.165) is 100 Å². The molecule has 0 bridgehead atoms. The molecule has 1 heterocycles. The zero-order valence-electron chi connectivity index (χ0n) is 46.2. The normalized spacial score (nSPS) is 18.0. The van der Waals surface area contributed by atoms with Crippen LogP contribution in [-0.2, 0) is 38.0 Å². The van der Waals surface area contributed by atoms with Crippen molar-refractivity contribution in [2.24, 2.45) is 10.8 Å². The predicted molar refractivity (Wildman–Crippen MR) is 293 cm³/mol. The highest BCUT2D eigenvalue weighted by Crippen LogP contribution is 2.54. The van der Waals surface area contributed by atoms with Crippen molar-refractivity contribution in [3.63, 3.8) is 0 Å². The van der Waals surface area contributed by atoms with Crippen LogP contribution in [0.15, 0.2) is 72.8 Å². The lowest BCUT2D eigenvalue weighted by molar-refractivity contribution is -0.142. The van der Waals surface area contributed by atoms with Crippen LogP contribution in [0.3, 0.4) is 0 Å². The minimum atomic E-state index is -0.918. The molecule has 4 aromatic carbocycles. The summed E-state index contributed by atoms with van der Waals surface area (Å²) in [5, 5.41) is 40.3. The van der Waals surface area contributed by atoms with Gasteiger partial charge in [0.05, 0.1) is 18.3 Å². The lowest BCUT2D eigenvalue weighted by atomic mass is 9.69. The van der Waals surface area contributed by atoms with Gasteiger partial charge in [0, 0.05) is 23.7 Å². The molecule has 1 aliphatic heterocycles. The Bertz CT molecular complexity index is 2460. The molecule has 7 rings (SSSR count). The number of aliphatic carboxylic acids is 1. The number of carboxylic acids is 1. The molecule has 0 amide bonds. The summed E-state index contributed by atoms with van der Waals surface area (Å²) in [6, 6.07) is 26.7. The van der Waals surface area contributed by atoms with Crippen molar-refractivity contribution in [3.05, 3.63) is 128 Å². The molecule has 2 aliphatic carbocycles. The number of esters is 1. The fraction of sp³-hybridized carbons (Fsp3) is 0.594. The first-order valence-corrected chi connectivity index (χ1v) is 28.0. The van der Waals surface area contributed by atoms with Crippen molar-refractivity contribution in [1.29, 1.82) is 0 Å². The van der Waals surface area contributed by atoms with E-state index in [-0.39, 0.29) is 65.4 Å². The van der Waals surface area contributed by atoms with E-state index in [9.17, 15) is 24.9 Å². The Morgan fingerprint density at radius 3 is 1.37 bits per heavy atom. The molecular weight excluding hydrogens is 913 g/mol. The second-order valence-electron chi connectivity index (χ2n) is 22.2. The lowest BCUT2D eigenvalue weighted by Crippen LogP contribution is -2.26. The van der Waals surface area contributed by atoms with E-state index in [4.69, 9.17) is 19.3 Å². The van der Waals surface area contributed by atoms with E-state index < -0.39 is 12.1 Å². The third-order valence-electron chi connectivity index (χ3n) is 18.2. The van der Waals surface area contributed by atoms with Crippen LogP contribution in [0.2, 0.25) is 0 Å². The average Bonchev–Trinajstić information content (AvgIpc) is 4.32. The summed E-state index contributed by atoms with van der Waals surface area (Å²) in [7, 11) is 0. The quantitative estimate of drug-likeness (QED) is 0.0429. The average molecular weight is 1000 g/mol. The molecule has 9 nitrogen and oxygen atoms in total. The Morgan fingerprint density at radius 1 is 0.616 bits per heavy atom. The third-order valence-corrected chi connectivity index (χ3v) is 18.2. The van der Waals surface area contributed by atoms with Gasteiger partial charge in [-0.3, -0.25) is 9.59 Å². The van der Waals surface area contributed by atoms with Crippen molar-refractivity contribution in [1.82, 2.24) is 0 Å². The van der Waals surface area contributed by atoms with Crippen molar-refractivity contribution >= 4 is 11.9 Å². The molecule has 400 valence electrons. The summed E-state index contributed by atoms with van der Waals surface area (Å²) < 4.78 is 17.1. The predicted octanol–water partition coefficient (Wildman–Crippen LogP) is 13.5. The number of carbonyl (C=O) groups is 2. The maximum atomic E-state index is 11.4. The second kappa shape index (κ2) is 25.2.